The number of allylic oxidation sites excluding steroid dienone is 3. The fourth-order valence-electron chi connectivity index (χ4n) is 1.92. The summed E-state index contributed by atoms with van der Waals surface area (Å²) in [4.78, 5) is 0. The van der Waals surface area contributed by atoms with Gasteiger partial charge in [-0.15, -0.1) is 0 Å². The van der Waals surface area contributed by atoms with Crippen molar-refractivity contribution in [2.45, 2.75) is 53.4 Å². The minimum atomic E-state index is 0.186. The molecule has 0 spiro atoms. The molecule has 0 rings (SSSR count). The topological polar surface area (TPSA) is 20.2 Å². The van der Waals surface area contributed by atoms with Crippen LogP contribution < -0.4 is 0 Å². The highest BCUT2D eigenvalue weighted by Gasteiger charge is 2.03. The lowest BCUT2D eigenvalue weighted by molar-refractivity contribution is 0.329. The van der Waals surface area contributed by atoms with Crippen molar-refractivity contribution < 1.29 is 5.11 Å². The molecule has 1 heteroatoms. The van der Waals surface area contributed by atoms with Gasteiger partial charge >= 0.3 is 0 Å². The molecule has 0 aliphatic heterocycles. The van der Waals surface area contributed by atoms with E-state index in [0.29, 0.717) is 11.8 Å². The number of hydrogen-bond acceptors (Lipinski definition) is 1. The summed E-state index contributed by atoms with van der Waals surface area (Å²) in [7, 11) is 0. The number of hydrogen-bond donors (Lipinski definition) is 1. The summed E-state index contributed by atoms with van der Waals surface area (Å²) in [6.07, 6.45) is 11.8. The summed E-state index contributed by atoms with van der Waals surface area (Å²) >= 11 is 0. The maximum atomic E-state index is 8.94. The van der Waals surface area contributed by atoms with Crippen LogP contribution in [0, 0.1) is 11.8 Å². The molecule has 0 saturated carbocycles. The van der Waals surface area contributed by atoms with E-state index in [2.05, 4.69) is 39.0 Å². The van der Waals surface area contributed by atoms with Crippen LogP contribution >= 0.6 is 0 Å². The quantitative estimate of drug-likeness (QED) is 0.480. The fourth-order valence-corrected chi connectivity index (χ4v) is 1.92. The Hall–Kier alpha value is -0.560. The molecule has 0 heterocycles. The molecular weight excluding hydrogens is 196 g/mol. The summed E-state index contributed by atoms with van der Waals surface area (Å²) in [5.74, 6) is 1.19. The Morgan fingerprint density at radius 2 is 1.94 bits per heavy atom. The zero-order chi connectivity index (χ0) is 12.4. The van der Waals surface area contributed by atoms with Crippen molar-refractivity contribution in [1.82, 2.24) is 0 Å². The van der Waals surface area contributed by atoms with Gasteiger partial charge in [-0.2, -0.15) is 0 Å². The third-order valence-electron chi connectivity index (χ3n) is 2.75. The Kier molecular flexibility index (Phi) is 9.31. The van der Waals surface area contributed by atoms with E-state index >= 15 is 0 Å². The molecule has 1 N–H and O–H groups in total. The smallest absolute Gasteiger partial charge is 0.0639 e. The molecule has 2 unspecified atom stereocenters. The summed E-state index contributed by atoms with van der Waals surface area (Å²) in [6, 6.07) is 0. The van der Waals surface area contributed by atoms with Gasteiger partial charge in [-0.05, 0) is 31.6 Å². The molecule has 2 atom stereocenters. The summed E-state index contributed by atoms with van der Waals surface area (Å²) in [5, 5.41) is 8.94. The van der Waals surface area contributed by atoms with Crippen molar-refractivity contribution in [3.63, 3.8) is 0 Å². The normalized spacial score (nSPS) is 16.7. The van der Waals surface area contributed by atoms with E-state index in [0.717, 1.165) is 5.57 Å². The lowest BCUT2D eigenvalue weighted by Gasteiger charge is -2.11. The van der Waals surface area contributed by atoms with Crippen molar-refractivity contribution in [2.75, 3.05) is 6.61 Å². The van der Waals surface area contributed by atoms with Gasteiger partial charge in [0.25, 0.3) is 0 Å². The van der Waals surface area contributed by atoms with Gasteiger partial charge in [-0.25, -0.2) is 0 Å². The van der Waals surface area contributed by atoms with Gasteiger partial charge in [0.2, 0.25) is 0 Å². The van der Waals surface area contributed by atoms with E-state index in [1.165, 1.54) is 25.7 Å². The van der Waals surface area contributed by atoms with Crippen LogP contribution in [0.15, 0.2) is 23.8 Å². The Morgan fingerprint density at radius 3 is 2.50 bits per heavy atom. The van der Waals surface area contributed by atoms with Gasteiger partial charge in [0, 0.05) is 0 Å². The van der Waals surface area contributed by atoms with Crippen LogP contribution in [0.3, 0.4) is 0 Å². The maximum absolute atomic E-state index is 8.94. The Balaban J connectivity index is 3.86. The predicted molar refractivity (Wildman–Crippen MR) is 72.5 cm³/mol. The molecule has 94 valence electrons. The minimum absolute atomic E-state index is 0.186. The highest BCUT2D eigenvalue weighted by molar-refractivity contribution is 5.01. The summed E-state index contributed by atoms with van der Waals surface area (Å²) in [5.41, 5.74) is 1.08. The first-order chi connectivity index (χ1) is 7.60. The number of aliphatic hydroxyl groups is 1. The Labute approximate surface area is 101 Å². The van der Waals surface area contributed by atoms with E-state index in [1.54, 1.807) is 0 Å². The van der Waals surface area contributed by atoms with Crippen LogP contribution in [0.2, 0.25) is 0 Å². The third kappa shape index (κ3) is 8.72. The molecule has 0 aliphatic carbocycles. The van der Waals surface area contributed by atoms with Crippen molar-refractivity contribution in [3.8, 4) is 0 Å². The van der Waals surface area contributed by atoms with Crippen LogP contribution in [-0.4, -0.2) is 11.7 Å². The van der Waals surface area contributed by atoms with Gasteiger partial charge in [0.15, 0.2) is 0 Å². The molecule has 1 nitrogen and oxygen atoms in total. The first kappa shape index (κ1) is 15.4. The maximum Gasteiger partial charge on any atom is 0.0639 e. The van der Waals surface area contributed by atoms with Crippen LogP contribution in [0.25, 0.3) is 0 Å². The van der Waals surface area contributed by atoms with Gasteiger partial charge < -0.3 is 5.11 Å². The van der Waals surface area contributed by atoms with Crippen LogP contribution in [0.1, 0.15) is 53.4 Å². The highest BCUT2D eigenvalue weighted by atomic mass is 16.3. The van der Waals surface area contributed by atoms with Gasteiger partial charge in [-0.3, -0.25) is 0 Å². The van der Waals surface area contributed by atoms with E-state index in [9.17, 15) is 0 Å². The Bertz CT molecular complexity index is 215. The van der Waals surface area contributed by atoms with Crippen molar-refractivity contribution in [3.05, 3.63) is 23.8 Å². The lowest BCUT2D eigenvalue weighted by Crippen LogP contribution is -2.00. The molecule has 0 amide bonds. The Morgan fingerprint density at radius 1 is 1.25 bits per heavy atom. The predicted octanol–water partition coefficient (Wildman–Crippen LogP) is 4.33. The first-order valence-corrected chi connectivity index (χ1v) is 6.55. The van der Waals surface area contributed by atoms with Crippen molar-refractivity contribution in [1.29, 1.82) is 0 Å². The number of rotatable bonds is 8. The second kappa shape index (κ2) is 9.65. The second-order valence-corrected chi connectivity index (χ2v) is 4.93. The SMILES string of the molecule is CCCCC=CC(C)CC(C)C=C(C)CO. The molecule has 0 saturated heterocycles. The zero-order valence-electron chi connectivity index (χ0n) is 11.4. The highest BCUT2D eigenvalue weighted by Crippen LogP contribution is 2.16. The molecule has 0 fully saturated rings. The monoisotopic (exact) mass is 224 g/mol. The lowest BCUT2D eigenvalue weighted by atomic mass is 9.95. The van der Waals surface area contributed by atoms with Crippen molar-refractivity contribution in [2.24, 2.45) is 11.8 Å². The molecular formula is C15H28O. The summed E-state index contributed by atoms with van der Waals surface area (Å²) in [6.45, 7) is 8.88. The molecule has 0 aliphatic rings. The first-order valence-electron chi connectivity index (χ1n) is 6.55. The second-order valence-electron chi connectivity index (χ2n) is 4.93. The van der Waals surface area contributed by atoms with Crippen LogP contribution in [0.5, 0.6) is 0 Å². The fraction of sp³-hybridized carbons (Fsp3) is 0.733. The van der Waals surface area contributed by atoms with Crippen molar-refractivity contribution >= 4 is 0 Å². The summed E-state index contributed by atoms with van der Waals surface area (Å²) < 4.78 is 0. The van der Waals surface area contributed by atoms with Gasteiger partial charge in [0.1, 0.15) is 0 Å². The van der Waals surface area contributed by atoms with Crippen LogP contribution in [0.4, 0.5) is 0 Å². The van der Waals surface area contributed by atoms with Gasteiger partial charge in [-0.1, -0.05) is 57.4 Å². The molecule has 0 bridgehead atoms. The standard InChI is InChI=1S/C15H28O/c1-5-6-7-8-9-13(2)10-14(3)11-15(4)12-16/h8-9,11,13-14,16H,5-7,10,12H2,1-4H3. The minimum Gasteiger partial charge on any atom is -0.392 e. The van der Waals surface area contributed by atoms with E-state index in [1.807, 2.05) is 6.92 Å². The molecule has 0 aromatic rings. The number of unbranched alkanes of at least 4 members (excludes halogenated alkanes) is 2. The zero-order valence-corrected chi connectivity index (χ0v) is 11.4. The molecule has 0 aromatic carbocycles. The van der Waals surface area contributed by atoms with E-state index < -0.39 is 0 Å². The average molecular weight is 224 g/mol. The largest absolute Gasteiger partial charge is 0.392 e. The number of aliphatic hydroxyl groups excluding tert-OH is 1. The van der Waals surface area contributed by atoms with E-state index in [4.69, 9.17) is 5.11 Å². The molecule has 0 radical (unpaired) electrons. The van der Waals surface area contributed by atoms with Gasteiger partial charge in [0.05, 0.1) is 6.61 Å². The van der Waals surface area contributed by atoms with Crippen LogP contribution in [-0.2, 0) is 0 Å². The molecule has 16 heavy (non-hydrogen) atoms. The average Bonchev–Trinajstić information content (AvgIpc) is 2.24. The van der Waals surface area contributed by atoms with E-state index in [-0.39, 0.29) is 6.61 Å². The molecule has 0 aromatic heterocycles. The third-order valence-corrected chi connectivity index (χ3v) is 2.75.